The summed E-state index contributed by atoms with van der Waals surface area (Å²) in [7, 11) is 1.71. The van der Waals surface area contributed by atoms with Crippen LogP contribution in [0.15, 0.2) is 36.5 Å². The molecule has 0 aliphatic heterocycles. The summed E-state index contributed by atoms with van der Waals surface area (Å²) in [5.74, 6) is 0.610. The van der Waals surface area contributed by atoms with E-state index < -0.39 is 0 Å². The van der Waals surface area contributed by atoms with E-state index in [1.165, 1.54) is 5.56 Å². The van der Waals surface area contributed by atoms with Gasteiger partial charge in [-0.3, -0.25) is 0 Å². The van der Waals surface area contributed by atoms with Gasteiger partial charge in [-0.1, -0.05) is 29.5 Å². The first-order chi connectivity index (χ1) is 12.7. The fourth-order valence-corrected chi connectivity index (χ4v) is 4.17. The maximum absolute atomic E-state index is 5.19. The Morgan fingerprint density at radius 2 is 2.04 bits per heavy atom. The summed E-state index contributed by atoms with van der Waals surface area (Å²) < 4.78 is 5.19. The minimum atomic E-state index is 0.216. The summed E-state index contributed by atoms with van der Waals surface area (Å²) in [5.41, 5.74) is 4.25. The van der Waals surface area contributed by atoms with Gasteiger partial charge < -0.3 is 15.4 Å². The number of para-hydroxylation sites is 1. The molecular formula is C19H21N5OS. The van der Waals surface area contributed by atoms with Gasteiger partial charge in [0.25, 0.3) is 0 Å². The molecule has 7 heteroatoms. The molecule has 0 fully saturated rings. The Morgan fingerprint density at radius 1 is 1.19 bits per heavy atom. The number of nitrogens with zero attached hydrogens (tertiary/aromatic N) is 3. The number of hydrogen-bond donors (Lipinski definition) is 2. The number of methoxy groups -OCH3 is 1. The number of anilines is 3. The second kappa shape index (κ2) is 7.39. The molecular weight excluding hydrogens is 346 g/mol. The molecule has 1 aromatic carbocycles. The van der Waals surface area contributed by atoms with E-state index in [1.54, 1.807) is 18.4 Å². The number of aryl methyl sites for hydroxylation is 2. The minimum absolute atomic E-state index is 0.216. The quantitative estimate of drug-likeness (QED) is 0.689. The molecule has 2 aromatic heterocycles. The zero-order chi connectivity index (χ0) is 17.9. The van der Waals surface area contributed by atoms with Crippen LogP contribution < -0.4 is 10.6 Å². The zero-order valence-electron chi connectivity index (χ0n) is 14.8. The summed E-state index contributed by atoms with van der Waals surface area (Å²) in [6.45, 7) is 2.73. The molecule has 0 radical (unpaired) electrons. The van der Waals surface area contributed by atoms with E-state index in [0.717, 1.165) is 39.9 Å². The molecule has 1 aliphatic carbocycles. The second-order valence-electron chi connectivity index (χ2n) is 6.35. The largest absolute Gasteiger partial charge is 0.383 e. The van der Waals surface area contributed by atoms with Crippen LogP contribution in [0.25, 0.3) is 10.6 Å². The van der Waals surface area contributed by atoms with Crippen LogP contribution in [0.3, 0.4) is 0 Å². The van der Waals surface area contributed by atoms with Crippen molar-refractivity contribution in [2.75, 3.05) is 24.4 Å². The van der Waals surface area contributed by atoms with Crippen molar-refractivity contribution in [3.05, 3.63) is 47.8 Å². The van der Waals surface area contributed by atoms with Gasteiger partial charge in [0, 0.05) is 25.0 Å². The van der Waals surface area contributed by atoms with Crippen molar-refractivity contribution in [1.29, 1.82) is 0 Å². The summed E-state index contributed by atoms with van der Waals surface area (Å²) in [5, 5.41) is 7.60. The van der Waals surface area contributed by atoms with Crippen molar-refractivity contribution in [1.82, 2.24) is 15.0 Å². The Kier molecular flexibility index (Phi) is 4.81. The number of aromatic nitrogens is 3. The third kappa shape index (κ3) is 3.54. The highest BCUT2D eigenvalue weighted by molar-refractivity contribution is 7.19. The smallest absolute Gasteiger partial charge is 0.227 e. The van der Waals surface area contributed by atoms with Crippen LogP contribution in [0.1, 0.15) is 18.2 Å². The fourth-order valence-electron chi connectivity index (χ4n) is 3.02. The van der Waals surface area contributed by atoms with Crippen LogP contribution in [-0.4, -0.2) is 34.7 Å². The van der Waals surface area contributed by atoms with Crippen LogP contribution >= 0.6 is 11.3 Å². The molecule has 0 spiro atoms. The van der Waals surface area contributed by atoms with E-state index in [2.05, 4.69) is 22.5 Å². The maximum atomic E-state index is 5.19. The van der Waals surface area contributed by atoms with Gasteiger partial charge in [0.1, 0.15) is 0 Å². The molecule has 1 atom stereocenters. The van der Waals surface area contributed by atoms with Crippen LogP contribution in [0.2, 0.25) is 0 Å². The number of thiazole rings is 1. The first-order valence-corrected chi connectivity index (χ1v) is 9.48. The maximum Gasteiger partial charge on any atom is 0.227 e. The zero-order valence-corrected chi connectivity index (χ0v) is 15.6. The van der Waals surface area contributed by atoms with Crippen LogP contribution in [0.5, 0.6) is 0 Å². The Morgan fingerprint density at radius 3 is 2.85 bits per heavy atom. The lowest BCUT2D eigenvalue weighted by atomic mass is 10.00. The number of rotatable bonds is 6. The third-order valence-electron chi connectivity index (χ3n) is 4.22. The molecule has 0 saturated carbocycles. The molecule has 3 aromatic rings. The van der Waals surface area contributed by atoms with E-state index in [9.17, 15) is 0 Å². The first kappa shape index (κ1) is 16.9. The lowest BCUT2D eigenvalue weighted by Crippen LogP contribution is -2.20. The fraction of sp³-hybridized carbons (Fsp3) is 0.316. The second-order valence-corrected chi connectivity index (χ2v) is 7.35. The number of ether oxygens (including phenoxy) is 1. The molecule has 1 aliphatic rings. The van der Waals surface area contributed by atoms with Crippen molar-refractivity contribution in [3.8, 4) is 10.6 Å². The highest BCUT2D eigenvalue weighted by Gasteiger charge is 2.23. The van der Waals surface area contributed by atoms with Gasteiger partial charge in [-0.25, -0.2) is 15.0 Å². The summed E-state index contributed by atoms with van der Waals surface area (Å²) >= 11 is 1.65. The molecule has 2 N–H and O–H groups in total. The standard InChI is InChI=1S/C19H21N5OS/c1-12(11-25-2)21-19-23-15-9-8-13-10-20-18(24-16(13)17(15)26-19)22-14-6-4-3-5-7-14/h3-7,10,12H,8-9,11H2,1-2H3,(H,21,23)(H,20,22,24). The molecule has 0 bridgehead atoms. The predicted octanol–water partition coefficient (Wildman–Crippen LogP) is 3.89. The summed E-state index contributed by atoms with van der Waals surface area (Å²) in [6.07, 6.45) is 3.77. The lowest BCUT2D eigenvalue weighted by molar-refractivity contribution is 0.190. The van der Waals surface area contributed by atoms with E-state index >= 15 is 0 Å². The van der Waals surface area contributed by atoms with E-state index in [4.69, 9.17) is 14.7 Å². The van der Waals surface area contributed by atoms with Crippen LogP contribution in [0.4, 0.5) is 16.8 Å². The summed E-state index contributed by atoms with van der Waals surface area (Å²) in [4.78, 5) is 15.1. The molecule has 4 rings (SSSR count). The average Bonchev–Trinajstić information content (AvgIpc) is 3.05. The van der Waals surface area contributed by atoms with E-state index in [-0.39, 0.29) is 6.04 Å². The molecule has 6 nitrogen and oxygen atoms in total. The van der Waals surface area contributed by atoms with Crippen molar-refractivity contribution in [3.63, 3.8) is 0 Å². The van der Waals surface area contributed by atoms with E-state index in [0.29, 0.717) is 12.6 Å². The predicted molar refractivity (Wildman–Crippen MR) is 105 cm³/mol. The van der Waals surface area contributed by atoms with Gasteiger partial charge in [0.15, 0.2) is 5.13 Å². The lowest BCUT2D eigenvalue weighted by Gasteiger charge is -2.14. The Labute approximate surface area is 156 Å². The Balaban J connectivity index is 1.61. The minimum Gasteiger partial charge on any atom is -0.383 e. The van der Waals surface area contributed by atoms with Gasteiger partial charge in [-0.2, -0.15) is 0 Å². The molecule has 0 amide bonds. The van der Waals surface area contributed by atoms with Crippen LogP contribution in [-0.2, 0) is 17.6 Å². The molecule has 134 valence electrons. The number of nitrogens with one attached hydrogen (secondary N) is 2. The monoisotopic (exact) mass is 367 g/mol. The average molecular weight is 367 g/mol. The summed E-state index contributed by atoms with van der Waals surface area (Å²) in [6, 6.07) is 10.2. The van der Waals surface area contributed by atoms with Gasteiger partial charge >= 0.3 is 0 Å². The van der Waals surface area contributed by atoms with Crippen molar-refractivity contribution in [2.24, 2.45) is 0 Å². The number of fused-ring (bicyclic) bond motifs is 3. The number of benzene rings is 1. The number of hydrogen-bond acceptors (Lipinski definition) is 7. The van der Waals surface area contributed by atoms with Crippen molar-refractivity contribution in [2.45, 2.75) is 25.8 Å². The topological polar surface area (TPSA) is 72.0 Å². The molecule has 2 heterocycles. The Bertz CT molecular complexity index is 896. The van der Waals surface area contributed by atoms with E-state index in [1.807, 2.05) is 36.5 Å². The van der Waals surface area contributed by atoms with Gasteiger partial charge in [0.2, 0.25) is 5.95 Å². The first-order valence-electron chi connectivity index (χ1n) is 8.66. The highest BCUT2D eigenvalue weighted by Crippen LogP contribution is 2.38. The molecule has 1 unspecified atom stereocenters. The van der Waals surface area contributed by atoms with Gasteiger partial charge in [-0.15, -0.1) is 0 Å². The van der Waals surface area contributed by atoms with Crippen molar-refractivity contribution >= 4 is 28.1 Å². The SMILES string of the molecule is COCC(C)Nc1nc2c(s1)-c1nc(Nc3ccccc3)ncc1CC2. The molecule has 0 saturated heterocycles. The van der Waals surface area contributed by atoms with Gasteiger partial charge in [-0.05, 0) is 37.5 Å². The Hall–Kier alpha value is -2.51. The molecule has 26 heavy (non-hydrogen) atoms. The normalized spacial score (nSPS) is 13.6. The highest BCUT2D eigenvalue weighted by atomic mass is 32.1. The van der Waals surface area contributed by atoms with Crippen LogP contribution in [0, 0.1) is 0 Å². The van der Waals surface area contributed by atoms with Gasteiger partial charge in [0.05, 0.1) is 22.9 Å². The third-order valence-corrected chi connectivity index (χ3v) is 5.26. The van der Waals surface area contributed by atoms with Crippen molar-refractivity contribution < 1.29 is 4.74 Å².